The van der Waals surface area contributed by atoms with E-state index < -0.39 is 11.9 Å². The van der Waals surface area contributed by atoms with E-state index in [0.717, 1.165) is 11.1 Å². The minimum absolute atomic E-state index is 0.349. The highest BCUT2D eigenvalue weighted by Gasteiger charge is 2.06. The predicted molar refractivity (Wildman–Crippen MR) is 96.0 cm³/mol. The predicted octanol–water partition coefficient (Wildman–Crippen LogP) is 4.15. The normalized spacial score (nSPS) is 10.6. The van der Waals surface area contributed by atoms with E-state index in [4.69, 9.17) is 16.3 Å². The monoisotopic (exact) mass is 343 g/mol. The van der Waals surface area contributed by atoms with Crippen molar-refractivity contribution >= 4 is 35.2 Å². The van der Waals surface area contributed by atoms with Gasteiger partial charge in [0.15, 0.2) is 6.61 Å². The molecule has 1 N–H and O–H groups in total. The lowest BCUT2D eigenvalue weighted by molar-refractivity contribution is -0.142. The van der Waals surface area contributed by atoms with E-state index >= 15 is 0 Å². The number of benzene rings is 2. The summed E-state index contributed by atoms with van der Waals surface area (Å²) >= 11 is 5.98. The molecule has 2 aromatic rings. The van der Waals surface area contributed by atoms with Gasteiger partial charge in [0, 0.05) is 16.8 Å². The van der Waals surface area contributed by atoms with E-state index in [1.54, 1.807) is 30.3 Å². The van der Waals surface area contributed by atoms with Crippen molar-refractivity contribution in [2.24, 2.45) is 0 Å². The zero-order valence-electron chi connectivity index (χ0n) is 13.5. The van der Waals surface area contributed by atoms with Crippen LogP contribution in [0, 0.1) is 13.8 Å². The van der Waals surface area contributed by atoms with Crippen LogP contribution in [0.2, 0.25) is 5.02 Å². The number of carbonyl (C=O) groups is 2. The molecule has 4 nitrogen and oxygen atoms in total. The largest absolute Gasteiger partial charge is 0.452 e. The van der Waals surface area contributed by atoms with E-state index in [2.05, 4.69) is 5.32 Å². The third-order valence-corrected chi connectivity index (χ3v) is 3.78. The van der Waals surface area contributed by atoms with Crippen molar-refractivity contribution in [3.05, 3.63) is 70.3 Å². The number of hydrogen-bond donors (Lipinski definition) is 1. The summed E-state index contributed by atoms with van der Waals surface area (Å²) < 4.78 is 4.91. The van der Waals surface area contributed by atoms with Crippen LogP contribution in [0.25, 0.3) is 6.08 Å². The first-order valence-corrected chi connectivity index (χ1v) is 7.80. The van der Waals surface area contributed by atoms with Crippen LogP contribution in [-0.2, 0) is 14.3 Å². The summed E-state index contributed by atoms with van der Waals surface area (Å²) in [5.41, 5.74) is 3.60. The van der Waals surface area contributed by atoms with Crippen molar-refractivity contribution in [1.29, 1.82) is 0 Å². The molecule has 5 heteroatoms. The number of halogens is 1. The van der Waals surface area contributed by atoms with Crippen molar-refractivity contribution in [2.75, 3.05) is 11.9 Å². The lowest BCUT2D eigenvalue weighted by Crippen LogP contribution is -2.20. The number of carbonyl (C=O) groups excluding carboxylic acids is 2. The van der Waals surface area contributed by atoms with E-state index in [1.165, 1.54) is 6.08 Å². The molecule has 0 aliphatic carbocycles. The zero-order valence-corrected chi connectivity index (χ0v) is 14.3. The maximum atomic E-state index is 11.8. The molecule has 0 unspecified atom stereocenters. The molecule has 0 saturated carbocycles. The van der Waals surface area contributed by atoms with Crippen LogP contribution < -0.4 is 5.32 Å². The Hall–Kier alpha value is -2.59. The van der Waals surface area contributed by atoms with Crippen LogP contribution in [0.3, 0.4) is 0 Å². The molecule has 0 bridgehead atoms. The van der Waals surface area contributed by atoms with Gasteiger partial charge in [-0.2, -0.15) is 0 Å². The Kier molecular flexibility index (Phi) is 6.15. The highest BCUT2D eigenvalue weighted by Crippen LogP contribution is 2.16. The van der Waals surface area contributed by atoms with Gasteiger partial charge in [0.25, 0.3) is 5.91 Å². The minimum Gasteiger partial charge on any atom is -0.452 e. The number of amides is 1. The summed E-state index contributed by atoms with van der Waals surface area (Å²) in [6.45, 7) is 3.61. The van der Waals surface area contributed by atoms with Gasteiger partial charge >= 0.3 is 5.97 Å². The first-order chi connectivity index (χ1) is 11.5. The van der Waals surface area contributed by atoms with Crippen molar-refractivity contribution in [1.82, 2.24) is 0 Å². The fraction of sp³-hybridized carbons (Fsp3) is 0.158. The summed E-state index contributed by atoms with van der Waals surface area (Å²) in [6.07, 6.45) is 2.79. The van der Waals surface area contributed by atoms with Gasteiger partial charge in [-0.1, -0.05) is 35.9 Å². The second-order valence-corrected chi connectivity index (χ2v) is 5.72. The van der Waals surface area contributed by atoms with Gasteiger partial charge in [0.05, 0.1) is 0 Å². The van der Waals surface area contributed by atoms with Crippen LogP contribution in [0.5, 0.6) is 0 Å². The summed E-state index contributed by atoms with van der Waals surface area (Å²) in [5.74, 6) is -0.997. The number of nitrogens with one attached hydrogen (secondary N) is 1. The molecule has 1 amide bonds. The second kappa shape index (κ2) is 8.31. The first-order valence-electron chi connectivity index (χ1n) is 7.42. The first kappa shape index (κ1) is 17.8. The lowest BCUT2D eigenvalue weighted by atomic mass is 10.1. The van der Waals surface area contributed by atoms with Gasteiger partial charge in [-0.3, -0.25) is 4.79 Å². The highest BCUT2D eigenvalue weighted by molar-refractivity contribution is 6.32. The number of aryl methyl sites for hydroxylation is 2. The molecule has 0 saturated heterocycles. The standard InChI is InChI=1S/C19H18ClNO3/c1-13-7-9-16(11-14(13)2)21-18(22)12-24-19(23)10-8-15-5-3-4-6-17(15)20/h3-11H,12H2,1-2H3,(H,21,22)/b10-8+. The average Bonchev–Trinajstić information content (AvgIpc) is 2.55. The Morgan fingerprint density at radius 2 is 1.88 bits per heavy atom. The molecule has 0 radical (unpaired) electrons. The third kappa shape index (κ3) is 5.25. The van der Waals surface area contributed by atoms with Gasteiger partial charge in [0.1, 0.15) is 0 Å². The maximum Gasteiger partial charge on any atom is 0.331 e. The molecule has 0 fully saturated rings. The Morgan fingerprint density at radius 1 is 1.12 bits per heavy atom. The molecule has 2 aromatic carbocycles. The smallest absolute Gasteiger partial charge is 0.331 e. The molecule has 0 heterocycles. The van der Waals surface area contributed by atoms with Crippen LogP contribution in [-0.4, -0.2) is 18.5 Å². The van der Waals surface area contributed by atoms with Crippen LogP contribution in [0.4, 0.5) is 5.69 Å². The van der Waals surface area contributed by atoms with Crippen LogP contribution in [0.15, 0.2) is 48.5 Å². The SMILES string of the molecule is Cc1ccc(NC(=O)COC(=O)/C=C/c2ccccc2Cl)cc1C. The fourth-order valence-corrected chi connectivity index (χ4v) is 2.17. The van der Waals surface area contributed by atoms with Crippen molar-refractivity contribution in [3.63, 3.8) is 0 Å². The van der Waals surface area contributed by atoms with E-state index in [9.17, 15) is 9.59 Å². The van der Waals surface area contributed by atoms with Gasteiger partial charge in [-0.15, -0.1) is 0 Å². The summed E-state index contributed by atoms with van der Waals surface area (Å²) in [7, 11) is 0. The average molecular weight is 344 g/mol. The van der Waals surface area contributed by atoms with E-state index in [-0.39, 0.29) is 6.61 Å². The van der Waals surface area contributed by atoms with Crippen LogP contribution in [0.1, 0.15) is 16.7 Å². The quantitative estimate of drug-likeness (QED) is 0.655. The molecule has 0 spiro atoms. The van der Waals surface area contributed by atoms with Crippen molar-refractivity contribution in [2.45, 2.75) is 13.8 Å². The topological polar surface area (TPSA) is 55.4 Å². The Bertz CT molecular complexity index is 784. The summed E-state index contributed by atoms with van der Waals surface area (Å²) in [6, 6.07) is 12.7. The Morgan fingerprint density at radius 3 is 2.58 bits per heavy atom. The summed E-state index contributed by atoms with van der Waals surface area (Å²) in [5, 5.41) is 3.22. The highest BCUT2D eigenvalue weighted by atomic mass is 35.5. The van der Waals surface area contributed by atoms with Crippen molar-refractivity contribution in [3.8, 4) is 0 Å². The van der Waals surface area contributed by atoms with Gasteiger partial charge in [-0.25, -0.2) is 4.79 Å². The van der Waals surface area contributed by atoms with Crippen LogP contribution >= 0.6 is 11.6 Å². The molecule has 0 aromatic heterocycles. The number of esters is 1. The van der Waals surface area contributed by atoms with Gasteiger partial charge in [-0.05, 0) is 54.8 Å². The fourth-order valence-electron chi connectivity index (χ4n) is 1.97. The van der Waals surface area contributed by atoms with Gasteiger partial charge in [0.2, 0.25) is 0 Å². The Balaban J connectivity index is 1.84. The number of rotatable bonds is 5. The lowest BCUT2D eigenvalue weighted by Gasteiger charge is -2.07. The maximum absolute atomic E-state index is 11.8. The van der Waals surface area contributed by atoms with E-state index in [0.29, 0.717) is 16.3 Å². The zero-order chi connectivity index (χ0) is 17.5. The number of ether oxygens (including phenoxy) is 1. The minimum atomic E-state index is -0.606. The summed E-state index contributed by atoms with van der Waals surface area (Å²) in [4.78, 5) is 23.5. The molecular formula is C19H18ClNO3. The number of anilines is 1. The Labute approximate surface area is 146 Å². The molecule has 0 aliphatic rings. The molecule has 0 aliphatic heterocycles. The molecule has 124 valence electrons. The van der Waals surface area contributed by atoms with Crippen molar-refractivity contribution < 1.29 is 14.3 Å². The molecule has 0 atom stereocenters. The molecule has 24 heavy (non-hydrogen) atoms. The number of hydrogen-bond acceptors (Lipinski definition) is 3. The van der Waals surface area contributed by atoms with Gasteiger partial charge < -0.3 is 10.1 Å². The van der Waals surface area contributed by atoms with E-state index in [1.807, 2.05) is 32.0 Å². The molecule has 2 rings (SSSR count). The molecular weight excluding hydrogens is 326 g/mol. The second-order valence-electron chi connectivity index (χ2n) is 5.31. The third-order valence-electron chi connectivity index (χ3n) is 3.44.